The van der Waals surface area contributed by atoms with E-state index in [1.807, 2.05) is 0 Å². The van der Waals surface area contributed by atoms with Crippen LogP contribution in [0, 0.1) is 16.7 Å². The zero-order valence-corrected chi connectivity index (χ0v) is 23.8. The summed E-state index contributed by atoms with van der Waals surface area (Å²) in [5.74, 6) is -1.83. The minimum atomic E-state index is -1.01. The van der Waals surface area contributed by atoms with Crippen molar-refractivity contribution >= 4 is 23.9 Å². The molecule has 9 heteroatoms. The molecule has 1 aromatic carbocycles. The Morgan fingerprint density at radius 2 is 1.45 bits per heavy atom. The highest BCUT2D eigenvalue weighted by Crippen LogP contribution is 2.33. The number of ether oxygens (including phenoxy) is 4. The van der Waals surface area contributed by atoms with E-state index in [9.17, 15) is 19.2 Å². The van der Waals surface area contributed by atoms with E-state index >= 15 is 0 Å². The van der Waals surface area contributed by atoms with Crippen LogP contribution in [0.1, 0.15) is 86.1 Å². The summed E-state index contributed by atoms with van der Waals surface area (Å²) in [5, 5.41) is 0. The molecule has 0 aliphatic heterocycles. The summed E-state index contributed by atoms with van der Waals surface area (Å²) in [6, 6.07) is 3.66. The topological polar surface area (TPSA) is 131 Å². The van der Waals surface area contributed by atoms with E-state index in [1.54, 1.807) is 54.5 Å². The second-order valence-electron chi connectivity index (χ2n) is 12.1. The third kappa shape index (κ3) is 9.74. The standard InChI is InChI=1S/C29H43NO8/c1-18(36-24(31)20-11-9-8-10-12-20)17-35-25(32)21(30)15-19-13-14-22(37-26(33)28(2,3)4)23(16-19)38-27(34)29(5,6)7/h13-14,16,18,20-21H,8-12,15,17,30H2,1-7H3/t18-,21-/m0/s1. The fourth-order valence-electron chi connectivity index (χ4n) is 3.66. The Hall–Kier alpha value is -2.94. The molecule has 1 aliphatic carbocycles. The van der Waals surface area contributed by atoms with Crippen LogP contribution in [-0.4, -0.2) is 42.6 Å². The van der Waals surface area contributed by atoms with Gasteiger partial charge in [0, 0.05) is 0 Å². The number of hydrogen-bond acceptors (Lipinski definition) is 9. The molecule has 0 heterocycles. The summed E-state index contributed by atoms with van der Waals surface area (Å²) in [4.78, 5) is 49.8. The van der Waals surface area contributed by atoms with Gasteiger partial charge < -0.3 is 24.7 Å². The molecule has 2 rings (SSSR count). The highest BCUT2D eigenvalue weighted by Gasteiger charge is 2.29. The summed E-state index contributed by atoms with van der Waals surface area (Å²) < 4.78 is 21.8. The first-order chi connectivity index (χ1) is 17.6. The average Bonchev–Trinajstić information content (AvgIpc) is 2.83. The van der Waals surface area contributed by atoms with Crippen LogP contribution in [0.25, 0.3) is 0 Å². The molecular weight excluding hydrogens is 490 g/mol. The van der Waals surface area contributed by atoms with Gasteiger partial charge in [-0.3, -0.25) is 19.2 Å². The maximum Gasteiger partial charge on any atom is 0.323 e. The molecule has 38 heavy (non-hydrogen) atoms. The van der Waals surface area contributed by atoms with Crippen molar-refractivity contribution in [2.75, 3.05) is 6.61 Å². The van der Waals surface area contributed by atoms with Gasteiger partial charge in [-0.05, 0) is 85.4 Å². The maximum atomic E-state index is 12.5. The van der Waals surface area contributed by atoms with E-state index < -0.39 is 40.9 Å². The molecule has 2 atom stereocenters. The summed E-state index contributed by atoms with van der Waals surface area (Å²) in [6.07, 6.45) is 4.35. The average molecular weight is 534 g/mol. The van der Waals surface area contributed by atoms with Crippen LogP contribution in [-0.2, 0) is 35.1 Å². The van der Waals surface area contributed by atoms with Crippen molar-refractivity contribution in [3.05, 3.63) is 23.8 Å². The molecule has 0 bridgehead atoms. The highest BCUT2D eigenvalue weighted by molar-refractivity contribution is 5.81. The van der Waals surface area contributed by atoms with Crippen LogP contribution >= 0.6 is 0 Å². The van der Waals surface area contributed by atoms with Crippen molar-refractivity contribution in [2.24, 2.45) is 22.5 Å². The largest absolute Gasteiger partial charge is 0.461 e. The van der Waals surface area contributed by atoms with Gasteiger partial charge in [0.2, 0.25) is 0 Å². The molecule has 9 nitrogen and oxygen atoms in total. The fourth-order valence-corrected chi connectivity index (χ4v) is 3.66. The Balaban J connectivity index is 2.02. The Labute approximate surface area is 225 Å². The van der Waals surface area contributed by atoms with Crippen molar-refractivity contribution in [1.82, 2.24) is 0 Å². The van der Waals surface area contributed by atoms with Gasteiger partial charge in [0.05, 0.1) is 16.7 Å². The van der Waals surface area contributed by atoms with E-state index in [0.717, 1.165) is 32.1 Å². The van der Waals surface area contributed by atoms with Gasteiger partial charge in [-0.15, -0.1) is 0 Å². The molecule has 0 radical (unpaired) electrons. The van der Waals surface area contributed by atoms with Gasteiger partial charge in [-0.2, -0.15) is 0 Å². The smallest absolute Gasteiger partial charge is 0.323 e. The number of rotatable bonds is 9. The Morgan fingerprint density at radius 3 is 2.00 bits per heavy atom. The zero-order valence-electron chi connectivity index (χ0n) is 23.8. The quantitative estimate of drug-likeness (QED) is 0.359. The molecule has 2 N–H and O–H groups in total. The number of nitrogens with two attached hydrogens (primary N) is 1. The van der Waals surface area contributed by atoms with Gasteiger partial charge in [0.1, 0.15) is 18.8 Å². The predicted octanol–water partition coefficient (Wildman–Crippen LogP) is 4.51. The van der Waals surface area contributed by atoms with E-state index in [2.05, 4.69) is 0 Å². The van der Waals surface area contributed by atoms with Crippen LogP contribution in [0.4, 0.5) is 0 Å². The lowest BCUT2D eigenvalue weighted by molar-refractivity contribution is -0.162. The number of esters is 4. The predicted molar refractivity (Wildman–Crippen MR) is 141 cm³/mol. The minimum absolute atomic E-state index is 0.0591. The van der Waals surface area contributed by atoms with Gasteiger partial charge in [-0.25, -0.2) is 0 Å². The molecule has 1 aromatic rings. The second kappa shape index (κ2) is 13.2. The van der Waals surface area contributed by atoms with Gasteiger partial charge >= 0.3 is 23.9 Å². The van der Waals surface area contributed by atoms with Crippen molar-refractivity contribution < 1.29 is 38.1 Å². The first-order valence-electron chi connectivity index (χ1n) is 13.3. The first-order valence-corrected chi connectivity index (χ1v) is 13.3. The summed E-state index contributed by atoms with van der Waals surface area (Å²) >= 11 is 0. The van der Waals surface area contributed by atoms with E-state index in [1.165, 1.54) is 12.1 Å². The van der Waals surface area contributed by atoms with Gasteiger partial charge in [0.15, 0.2) is 11.5 Å². The van der Waals surface area contributed by atoms with Crippen LogP contribution in [0.5, 0.6) is 11.5 Å². The molecule has 0 aromatic heterocycles. The van der Waals surface area contributed by atoms with E-state index in [-0.39, 0.29) is 36.4 Å². The van der Waals surface area contributed by atoms with Gasteiger partial charge in [-0.1, -0.05) is 25.3 Å². The lowest BCUT2D eigenvalue weighted by Crippen LogP contribution is -2.36. The zero-order chi connectivity index (χ0) is 28.7. The molecule has 0 unspecified atom stereocenters. The second-order valence-corrected chi connectivity index (χ2v) is 12.1. The summed E-state index contributed by atoms with van der Waals surface area (Å²) in [5.41, 5.74) is 5.10. The lowest BCUT2D eigenvalue weighted by Gasteiger charge is -2.22. The monoisotopic (exact) mass is 533 g/mol. The lowest BCUT2D eigenvalue weighted by atomic mass is 9.89. The fraction of sp³-hybridized carbons (Fsp3) is 0.655. The van der Waals surface area contributed by atoms with Crippen molar-refractivity contribution in [3.8, 4) is 11.5 Å². The van der Waals surface area contributed by atoms with Crippen LogP contribution in [0.3, 0.4) is 0 Å². The van der Waals surface area contributed by atoms with Crippen LogP contribution in [0.2, 0.25) is 0 Å². The molecule has 0 amide bonds. The molecule has 1 saturated carbocycles. The molecular formula is C29H43NO8. The SMILES string of the molecule is C[C@@H](COC(=O)[C@@H](N)Cc1ccc(OC(=O)C(C)(C)C)c(OC(=O)C(C)(C)C)c1)OC(=O)C1CCCCC1. The van der Waals surface area contributed by atoms with Crippen molar-refractivity contribution in [3.63, 3.8) is 0 Å². The maximum absolute atomic E-state index is 12.5. The Kier molecular flexibility index (Phi) is 10.9. The molecule has 0 spiro atoms. The van der Waals surface area contributed by atoms with E-state index in [4.69, 9.17) is 24.7 Å². The van der Waals surface area contributed by atoms with E-state index in [0.29, 0.717) is 5.56 Å². The number of carbonyl (C=O) groups is 4. The van der Waals surface area contributed by atoms with Crippen molar-refractivity contribution in [1.29, 1.82) is 0 Å². The Morgan fingerprint density at radius 1 is 0.895 bits per heavy atom. The third-order valence-electron chi connectivity index (χ3n) is 6.11. The molecule has 1 aliphatic rings. The molecule has 0 saturated heterocycles. The van der Waals surface area contributed by atoms with Crippen LogP contribution < -0.4 is 15.2 Å². The number of benzene rings is 1. The summed E-state index contributed by atoms with van der Waals surface area (Å²) in [6.45, 7) is 11.8. The number of hydrogen-bond donors (Lipinski definition) is 1. The third-order valence-corrected chi connectivity index (χ3v) is 6.11. The van der Waals surface area contributed by atoms with Gasteiger partial charge in [0.25, 0.3) is 0 Å². The highest BCUT2D eigenvalue weighted by atomic mass is 16.6. The summed E-state index contributed by atoms with van der Waals surface area (Å²) in [7, 11) is 0. The normalized spacial score (nSPS) is 16.2. The number of carbonyl (C=O) groups excluding carboxylic acids is 4. The van der Waals surface area contributed by atoms with Crippen LogP contribution in [0.15, 0.2) is 18.2 Å². The first kappa shape index (κ1) is 31.3. The molecule has 1 fully saturated rings. The molecule has 212 valence electrons. The minimum Gasteiger partial charge on any atom is -0.461 e. The Bertz CT molecular complexity index is 999. The van der Waals surface area contributed by atoms with Crippen molar-refractivity contribution in [2.45, 2.75) is 99.1 Å².